The number of benzene rings is 1. The van der Waals surface area contributed by atoms with Crippen LogP contribution in [0.15, 0.2) is 30.3 Å². The first-order chi connectivity index (χ1) is 10.0. The maximum atomic E-state index is 12.4. The number of aryl methyl sites for hydroxylation is 2. The summed E-state index contributed by atoms with van der Waals surface area (Å²) >= 11 is 0. The molecule has 21 heavy (non-hydrogen) atoms. The SMILES string of the molecule is CCc1cc(C(=O)Nc2cc(C)ccc2OC)cc(N)n1. The Morgan fingerprint density at radius 1 is 1.33 bits per heavy atom. The second kappa shape index (κ2) is 6.26. The second-order valence-electron chi connectivity index (χ2n) is 4.78. The number of carbonyl (C=O) groups is 1. The van der Waals surface area contributed by atoms with Crippen LogP contribution in [-0.2, 0) is 6.42 Å². The third-order valence-electron chi connectivity index (χ3n) is 3.13. The molecular formula is C16H19N3O2. The average molecular weight is 285 g/mol. The number of hydrogen-bond acceptors (Lipinski definition) is 4. The molecule has 0 aliphatic carbocycles. The van der Waals surface area contributed by atoms with Gasteiger partial charge in [0.25, 0.3) is 5.91 Å². The third kappa shape index (κ3) is 3.51. The minimum Gasteiger partial charge on any atom is -0.495 e. The van der Waals surface area contributed by atoms with Crippen LogP contribution in [0.5, 0.6) is 5.75 Å². The molecule has 2 aromatic rings. The van der Waals surface area contributed by atoms with Gasteiger partial charge in [0, 0.05) is 11.3 Å². The Morgan fingerprint density at radius 2 is 2.10 bits per heavy atom. The predicted octanol–water partition coefficient (Wildman–Crippen LogP) is 2.80. The van der Waals surface area contributed by atoms with E-state index in [0.717, 1.165) is 17.7 Å². The molecule has 0 bridgehead atoms. The summed E-state index contributed by atoms with van der Waals surface area (Å²) in [5.74, 6) is 0.727. The fourth-order valence-electron chi connectivity index (χ4n) is 2.04. The number of methoxy groups -OCH3 is 1. The molecule has 0 saturated heterocycles. The van der Waals surface area contributed by atoms with Gasteiger partial charge in [-0.15, -0.1) is 0 Å². The average Bonchev–Trinajstić information content (AvgIpc) is 2.46. The van der Waals surface area contributed by atoms with Crippen molar-refractivity contribution in [1.82, 2.24) is 4.98 Å². The minimum atomic E-state index is -0.234. The van der Waals surface area contributed by atoms with Gasteiger partial charge in [0.2, 0.25) is 0 Å². The van der Waals surface area contributed by atoms with E-state index >= 15 is 0 Å². The molecule has 0 atom stereocenters. The lowest BCUT2D eigenvalue weighted by molar-refractivity contribution is 0.102. The van der Waals surface area contributed by atoms with Gasteiger partial charge in [0.05, 0.1) is 12.8 Å². The molecule has 0 spiro atoms. The molecule has 110 valence electrons. The van der Waals surface area contributed by atoms with Crippen LogP contribution in [0.3, 0.4) is 0 Å². The third-order valence-corrected chi connectivity index (χ3v) is 3.13. The van der Waals surface area contributed by atoms with Gasteiger partial charge in [-0.2, -0.15) is 0 Å². The van der Waals surface area contributed by atoms with Gasteiger partial charge in [-0.05, 0) is 43.2 Å². The molecule has 0 aliphatic rings. The Morgan fingerprint density at radius 3 is 2.76 bits per heavy atom. The molecule has 0 aliphatic heterocycles. The fourth-order valence-corrected chi connectivity index (χ4v) is 2.04. The summed E-state index contributed by atoms with van der Waals surface area (Å²) in [7, 11) is 1.57. The number of rotatable bonds is 4. The van der Waals surface area contributed by atoms with Crippen molar-refractivity contribution in [1.29, 1.82) is 0 Å². The molecule has 1 aromatic heterocycles. The number of ether oxygens (including phenoxy) is 1. The summed E-state index contributed by atoms with van der Waals surface area (Å²) in [5, 5.41) is 2.85. The van der Waals surface area contributed by atoms with E-state index in [0.29, 0.717) is 22.8 Å². The smallest absolute Gasteiger partial charge is 0.255 e. The number of hydrogen-bond donors (Lipinski definition) is 2. The van der Waals surface area contributed by atoms with Gasteiger partial charge in [-0.3, -0.25) is 4.79 Å². The van der Waals surface area contributed by atoms with Crippen LogP contribution in [0.1, 0.15) is 28.5 Å². The van der Waals surface area contributed by atoms with Crippen molar-refractivity contribution >= 4 is 17.4 Å². The normalized spacial score (nSPS) is 10.2. The highest BCUT2D eigenvalue weighted by Crippen LogP contribution is 2.26. The number of nitrogens with one attached hydrogen (secondary N) is 1. The number of nitrogens with two attached hydrogens (primary N) is 1. The van der Waals surface area contributed by atoms with E-state index in [1.807, 2.05) is 32.0 Å². The Balaban J connectivity index is 2.30. The number of pyridine rings is 1. The first kappa shape index (κ1) is 14.8. The summed E-state index contributed by atoms with van der Waals surface area (Å²) in [4.78, 5) is 16.5. The lowest BCUT2D eigenvalue weighted by Gasteiger charge is -2.11. The molecule has 5 nitrogen and oxygen atoms in total. The largest absolute Gasteiger partial charge is 0.495 e. The van der Waals surface area contributed by atoms with Crippen molar-refractivity contribution < 1.29 is 9.53 Å². The Hall–Kier alpha value is -2.56. The number of amides is 1. The fraction of sp³-hybridized carbons (Fsp3) is 0.250. The topological polar surface area (TPSA) is 77.2 Å². The lowest BCUT2D eigenvalue weighted by Crippen LogP contribution is -2.14. The van der Waals surface area contributed by atoms with E-state index in [1.165, 1.54) is 0 Å². The molecule has 0 radical (unpaired) electrons. The zero-order valence-electron chi connectivity index (χ0n) is 12.4. The number of nitrogens with zero attached hydrogens (tertiary/aromatic N) is 1. The van der Waals surface area contributed by atoms with Crippen molar-refractivity contribution in [2.24, 2.45) is 0 Å². The second-order valence-corrected chi connectivity index (χ2v) is 4.78. The van der Waals surface area contributed by atoms with Crippen molar-refractivity contribution in [2.75, 3.05) is 18.2 Å². The zero-order valence-corrected chi connectivity index (χ0v) is 12.4. The highest BCUT2D eigenvalue weighted by Gasteiger charge is 2.12. The van der Waals surface area contributed by atoms with Crippen LogP contribution in [0.25, 0.3) is 0 Å². The van der Waals surface area contributed by atoms with Crippen molar-refractivity contribution in [3.05, 3.63) is 47.2 Å². The van der Waals surface area contributed by atoms with Crippen LogP contribution in [0.2, 0.25) is 0 Å². The zero-order chi connectivity index (χ0) is 15.4. The predicted molar refractivity (Wildman–Crippen MR) is 83.7 cm³/mol. The monoisotopic (exact) mass is 285 g/mol. The van der Waals surface area contributed by atoms with Crippen LogP contribution in [-0.4, -0.2) is 18.0 Å². The molecule has 3 N–H and O–H groups in total. The Labute approximate surface area is 124 Å². The maximum Gasteiger partial charge on any atom is 0.255 e. The van der Waals surface area contributed by atoms with Gasteiger partial charge in [-0.1, -0.05) is 13.0 Å². The number of nitrogen functional groups attached to an aromatic ring is 1. The Kier molecular flexibility index (Phi) is 4.42. The Bertz CT molecular complexity index is 669. The van der Waals surface area contributed by atoms with Gasteiger partial charge in [0.15, 0.2) is 0 Å². The van der Waals surface area contributed by atoms with Gasteiger partial charge >= 0.3 is 0 Å². The van der Waals surface area contributed by atoms with Crippen LogP contribution < -0.4 is 15.8 Å². The first-order valence-corrected chi connectivity index (χ1v) is 6.76. The van der Waals surface area contributed by atoms with E-state index in [4.69, 9.17) is 10.5 Å². The van der Waals surface area contributed by atoms with Gasteiger partial charge < -0.3 is 15.8 Å². The standard InChI is InChI=1S/C16H19N3O2/c1-4-12-8-11(9-15(17)18-12)16(20)19-13-7-10(2)5-6-14(13)21-3/h5-9H,4H2,1-3H3,(H2,17,18)(H,19,20). The summed E-state index contributed by atoms with van der Waals surface area (Å²) < 4.78 is 5.25. The van der Waals surface area contributed by atoms with E-state index in [2.05, 4.69) is 10.3 Å². The molecule has 0 fully saturated rings. The number of aromatic nitrogens is 1. The molecule has 0 unspecified atom stereocenters. The molecule has 0 saturated carbocycles. The van der Waals surface area contributed by atoms with Crippen molar-refractivity contribution in [3.63, 3.8) is 0 Å². The quantitative estimate of drug-likeness (QED) is 0.905. The highest BCUT2D eigenvalue weighted by atomic mass is 16.5. The van der Waals surface area contributed by atoms with Crippen LogP contribution in [0, 0.1) is 6.92 Å². The molecule has 1 amide bonds. The van der Waals surface area contributed by atoms with Crippen molar-refractivity contribution in [2.45, 2.75) is 20.3 Å². The molecule has 2 rings (SSSR count). The van der Waals surface area contributed by atoms with E-state index in [-0.39, 0.29) is 5.91 Å². The summed E-state index contributed by atoms with van der Waals surface area (Å²) in [6.45, 7) is 3.92. The van der Waals surface area contributed by atoms with Gasteiger partial charge in [0.1, 0.15) is 11.6 Å². The summed E-state index contributed by atoms with van der Waals surface area (Å²) in [6.07, 6.45) is 0.721. The first-order valence-electron chi connectivity index (χ1n) is 6.76. The molecule has 1 aromatic carbocycles. The van der Waals surface area contributed by atoms with E-state index in [9.17, 15) is 4.79 Å². The maximum absolute atomic E-state index is 12.4. The summed E-state index contributed by atoms with van der Waals surface area (Å²) in [5.41, 5.74) is 8.68. The molecular weight excluding hydrogens is 266 g/mol. The highest BCUT2D eigenvalue weighted by molar-refractivity contribution is 6.05. The van der Waals surface area contributed by atoms with E-state index < -0.39 is 0 Å². The molecule has 1 heterocycles. The molecule has 5 heteroatoms. The lowest BCUT2D eigenvalue weighted by atomic mass is 10.1. The van der Waals surface area contributed by atoms with Crippen molar-refractivity contribution in [3.8, 4) is 5.75 Å². The van der Waals surface area contributed by atoms with Gasteiger partial charge in [-0.25, -0.2) is 4.98 Å². The number of anilines is 2. The number of carbonyl (C=O) groups excluding carboxylic acids is 1. The van der Waals surface area contributed by atoms with E-state index in [1.54, 1.807) is 19.2 Å². The van der Waals surface area contributed by atoms with Crippen LogP contribution in [0.4, 0.5) is 11.5 Å². The minimum absolute atomic E-state index is 0.234. The summed E-state index contributed by atoms with van der Waals surface area (Å²) in [6, 6.07) is 8.92. The van der Waals surface area contributed by atoms with Crippen LogP contribution >= 0.6 is 0 Å².